The molecule has 4 aromatic rings. The van der Waals surface area contributed by atoms with Crippen molar-refractivity contribution >= 4 is 17.4 Å². The number of pyridine rings is 2. The van der Waals surface area contributed by atoms with E-state index in [0.29, 0.717) is 0 Å². The van der Waals surface area contributed by atoms with Crippen molar-refractivity contribution in [3.8, 4) is 16.9 Å². The van der Waals surface area contributed by atoms with Crippen LogP contribution in [0.5, 0.6) is 0 Å². The number of benzene rings is 1. The monoisotopic (exact) mass is 419 g/mol. The zero-order valence-electron chi connectivity index (χ0n) is 16.9. The Morgan fingerprint density at radius 1 is 0.967 bits per heavy atom. The molecule has 152 valence electrons. The minimum atomic E-state index is -0.254. The van der Waals surface area contributed by atoms with Gasteiger partial charge < -0.3 is 4.90 Å². The number of hydrogen-bond acceptors (Lipinski definition) is 5. The van der Waals surface area contributed by atoms with Crippen molar-refractivity contribution in [1.29, 1.82) is 0 Å². The SMILES string of the molecule is Cc1ccc(-n2c(-c3ccc(F)cc3)cnc2SCCN(C)c2ccncc2)cn1. The first-order chi connectivity index (χ1) is 14.6. The lowest BCUT2D eigenvalue weighted by Gasteiger charge is -2.18. The number of hydrogen-bond donors (Lipinski definition) is 0. The summed E-state index contributed by atoms with van der Waals surface area (Å²) in [6.07, 6.45) is 7.27. The minimum Gasteiger partial charge on any atom is -0.374 e. The van der Waals surface area contributed by atoms with Gasteiger partial charge in [-0.3, -0.25) is 14.5 Å². The highest BCUT2D eigenvalue weighted by Gasteiger charge is 2.15. The lowest BCUT2D eigenvalue weighted by molar-refractivity contribution is 0.628. The average molecular weight is 420 g/mol. The van der Waals surface area contributed by atoms with E-state index in [1.807, 2.05) is 43.6 Å². The molecule has 5 nitrogen and oxygen atoms in total. The third kappa shape index (κ3) is 4.52. The van der Waals surface area contributed by atoms with Gasteiger partial charge in [0.25, 0.3) is 0 Å². The third-order valence-corrected chi connectivity index (χ3v) is 5.72. The Bertz CT molecular complexity index is 1090. The summed E-state index contributed by atoms with van der Waals surface area (Å²) < 4.78 is 15.5. The van der Waals surface area contributed by atoms with Gasteiger partial charge in [-0.2, -0.15) is 0 Å². The second-order valence-electron chi connectivity index (χ2n) is 6.90. The molecule has 0 fully saturated rings. The van der Waals surface area contributed by atoms with Crippen LogP contribution in [0, 0.1) is 12.7 Å². The number of halogens is 1. The van der Waals surface area contributed by atoms with Gasteiger partial charge in [-0.05, 0) is 55.5 Å². The molecular weight excluding hydrogens is 397 g/mol. The molecule has 7 heteroatoms. The summed E-state index contributed by atoms with van der Waals surface area (Å²) >= 11 is 1.68. The van der Waals surface area contributed by atoms with Crippen molar-refractivity contribution in [2.75, 3.05) is 24.2 Å². The number of rotatable bonds is 7. The van der Waals surface area contributed by atoms with Crippen LogP contribution < -0.4 is 4.90 Å². The van der Waals surface area contributed by atoms with Crippen LogP contribution in [0.15, 0.2) is 78.5 Å². The molecule has 0 aliphatic rings. The van der Waals surface area contributed by atoms with Crippen molar-refractivity contribution in [2.45, 2.75) is 12.1 Å². The first kappa shape index (κ1) is 20.1. The highest BCUT2D eigenvalue weighted by molar-refractivity contribution is 7.99. The maximum Gasteiger partial charge on any atom is 0.173 e. The molecule has 0 amide bonds. The Morgan fingerprint density at radius 3 is 2.43 bits per heavy atom. The fourth-order valence-electron chi connectivity index (χ4n) is 3.10. The molecule has 0 radical (unpaired) electrons. The Kier molecular flexibility index (Phi) is 6.09. The van der Waals surface area contributed by atoms with Gasteiger partial charge in [-0.1, -0.05) is 11.8 Å². The largest absolute Gasteiger partial charge is 0.374 e. The molecule has 30 heavy (non-hydrogen) atoms. The summed E-state index contributed by atoms with van der Waals surface area (Å²) in [5, 5.41) is 0.878. The van der Waals surface area contributed by atoms with E-state index in [0.717, 1.165) is 45.8 Å². The number of aryl methyl sites for hydroxylation is 1. The molecule has 4 rings (SSSR count). The standard InChI is InChI=1S/C23H22FN5S/c1-17-3-8-21(15-26-17)29-22(18-4-6-19(24)7-5-18)16-27-23(29)30-14-13-28(2)20-9-11-25-12-10-20/h3-12,15-16H,13-14H2,1-2H3. The fraction of sp³-hybridized carbons (Fsp3) is 0.174. The van der Waals surface area contributed by atoms with Gasteiger partial charge in [0.2, 0.25) is 0 Å². The van der Waals surface area contributed by atoms with Crippen LogP contribution in [-0.4, -0.2) is 38.9 Å². The van der Waals surface area contributed by atoms with E-state index >= 15 is 0 Å². The number of thioether (sulfide) groups is 1. The molecule has 0 aliphatic heterocycles. The molecule has 0 N–H and O–H groups in total. The number of aromatic nitrogens is 4. The van der Waals surface area contributed by atoms with E-state index in [1.165, 1.54) is 12.1 Å². The zero-order chi connectivity index (χ0) is 20.9. The van der Waals surface area contributed by atoms with Crippen LogP contribution in [0.2, 0.25) is 0 Å². The molecule has 0 bridgehead atoms. The van der Waals surface area contributed by atoms with Crippen LogP contribution >= 0.6 is 11.8 Å². The van der Waals surface area contributed by atoms with E-state index in [4.69, 9.17) is 0 Å². The van der Waals surface area contributed by atoms with E-state index in [1.54, 1.807) is 36.3 Å². The lowest BCUT2D eigenvalue weighted by atomic mass is 10.1. The van der Waals surface area contributed by atoms with Crippen molar-refractivity contribution < 1.29 is 4.39 Å². The third-order valence-electron chi connectivity index (χ3n) is 4.78. The minimum absolute atomic E-state index is 0.254. The second-order valence-corrected chi connectivity index (χ2v) is 7.96. The highest BCUT2D eigenvalue weighted by atomic mass is 32.2. The molecule has 0 saturated carbocycles. The molecule has 0 unspecified atom stereocenters. The van der Waals surface area contributed by atoms with Crippen LogP contribution in [0.1, 0.15) is 5.69 Å². The van der Waals surface area contributed by atoms with E-state index in [9.17, 15) is 4.39 Å². The smallest absolute Gasteiger partial charge is 0.173 e. The summed E-state index contributed by atoms with van der Waals surface area (Å²) in [6.45, 7) is 2.82. The summed E-state index contributed by atoms with van der Waals surface area (Å²) in [4.78, 5) is 15.4. The Balaban J connectivity index is 1.59. The quantitative estimate of drug-likeness (QED) is 0.394. The number of imidazole rings is 1. The molecule has 0 atom stereocenters. The normalized spacial score (nSPS) is 10.9. The molecule has 0 saturated heterocycles. The Hall–Kier alpha value is -3.19. The average Bonchev–Trinajstić information content (AvgIpc) is 3.19. The number of nitrogens with zero attached hydrogens (tertiary/aromatic N) is 5. The van der Waals surface area contributed by atoms with Crippen LogP contribution in [0.25, 0.3) is 16.9 Å². The van der Waals surface area contributed by atoms with Gasteiger partial charge in [-0.25, -0.2) is 9.37 Å². The Labute approximate surface area is 179 Å². The van der Waals surface area contributed by atoms with Gasteiger partial charge in [0.15, 0.2) is 5.16 Å². The summed E-state index contributed by atoms with van der Waals surface area (Å²) in [5.74, 6) is 0.605. The fourth-order valence-corrected chi connectivity index (χ4v) is 4.11. The van der Waals surface area contributed by atoms with Crippen molar-refractivity contribution in [3.63, 3.8) is 0 Å². The van der Waals surface area contributed by atoms with Crippen LogP contribution in [0.4, 0.5) is 10.1 Å². The van der Waals surface area contributed by atoms with Gasteiger partial charge in [0.1, 0.15) is 5.82 Å². The molecule has 0 spiro atoms. The summed E-state index contributed by atoms with van der Waals surface area (Å²) in [6, 6.07) is 14.5. The molecule has 0 aliphatic carbocycles. The topological polar surface area (TPSA) is 46.8 Å². The van der Waals surface area contributed by atoms with Crippen molar-refractivity contribution in [3.05, 3.63) is 84.8 Å². The predicted molar refractivity (Wildman–Crippen MR) is 120 cm³/mol. The maximum absolute atomic E-state index is 13.4. The second kappa shape index (κ2) is 9.09. The lowest BCUT2D eigenvalue weighted by Crippen LogP contribution is -2.20. The maximum atomic E-state index is 13.4. The van der Waals surface area contributed by atoms with E-state index in [-0.39, 0.29) is 5.82 Å². The Morgan fingerprint density at radius 2 is 1.73 bits per heavy atom. The van der Waals surface area contributed by atoms with Crippen molar-refractivity contribution in [1.82, 2.24) is 19.5 Å². The summed E-state index contributed by atoms with van der Waals surface area (Å²) in [5.41, 5.74) is 4.83. The molecule has 3 aromatic heterocycles. The highest BCUT2D eigenvalue weighted by Crippen LogP contribution is 2.30. The van der Waals surface area contributed by atoms with Crippen LogP contribution in [0.3, 0.4) is 0 Å². The zero-order valence-corrected chi connectivity index (χ0v) is 17.7. The molecular formula is C23H22FN5S. The van der Waals surface area contributed by atoms with E-state index < -0.39 is 0 Å². The van der Waals surface area contributed by atoms with Crippen molar-refractivity contribution in [2.24, 2.45) is 0 Å². The van der Waals surface area contributed by atoms with Gasteiger partial charge >= 0.3 is 0 Å². The van der Waals surface area contributed by atoms with Gasteiger partial charge in [0.05, 0.1) is 23.8 Å². The van der Waals surface area contributed by atoms with Gasteiger partial charge in [0, 0.05) is 48.7 Å². The summed E-state index contributed by atoms with van der Waals surface area (Å²) in [7, 11) is 2.07. The predicted octanol–water partition coefficient (Wildman–Crippen LogP) is 5.01. The first-order valence-electron chi connectivity index (χ1n) is 9.62. The molecule has 1 aromatic carbocycles. The first-order valence-corrected chi connectivity index (χ1v) is 10.6. The van der Waals surface area contributed by atoms with Gasteiger partial charge in [-0.15, -0.1) is 0 Å². The number of anilines is 1. The van der Waals surface area contributed by atoms with Crippen LogP contribution in [-0.2, 0) is 0 Å². The van der Waals surface area contributed by atoms with E-state index in [2.05, 4.69) is 31.5 Å². The molecule has 3 heterocycles.